The molecule has 0 atom stereocenters. The predicted octanol–water partition coefficient (Wildman–Crippen LogP) is 1.34. The van der Waals surface area contributed by atoms with Crippen molar-refractivity contribution >= 4 is 33.1 Å². The molecule has 0 aliphatic rings. The highest BCUT2D eigenvalue weighted by Crippen LogP contribution is 2.31. The summed E-state index contributed by atoms with van der Waals surface area (Å²) in [4.78, 5) is 21.4. The fourth-order valence-corrected chi connectivity index (χ4v) is 2.51. The largest absolute Gasteiger partial charge is 0.397 e. The number of thiophene rings is 1. The molecule has 18 heavy (non-hydrogen) atoms. The zero-order valence-electron chi connectivity index (χ0n) is 9.86. The van der Waals surface area contributed by atoms with Gasteiger partial charge in [0.15, 0.2) is 0 Å². The van der Waals surface area contributed by atoms with E-state index >= 15 is 0 Å². The number of nitrogens with zero attached hydrogens (tertiary/aromatic N) is 2. The molecular formula is C12H12N4OS. The minimum atomic E-state index is -0.219. The highest BCUT2D eigenvalue weighted by molar-refractivity contribution is 7.21. The second-order valence-corrected chi connectivity index (χ2v) is 4.69. The van der Waals surface area contributed by atoms with Crippen molar-refractivity contribution in [3.8, 4) is 12.3 Å². The van der Waals surface area contributed by atoms with Gasteiger partial charge >= 0.3 is 0 Å². The first-order valence-corrected chi connectivity index (χ1v) is 6.18. The van der Waals surface area contributed by atoms with Crippen molar-refractivity contribution in [2.24, 2.45) is 0 Å². The number of carbonyl (C=O) groups excluding carboxylic acids is 1. The van der Waals surface area contributed by atoms with Gasteiger partial charge in [0.1, 0.15) is 15.5 Å². The number of terminal acetylenes is 1. The summed E-state index contributed by atoms with van der Waals surface area (Å²) in [7, 11) is 0. The Labute approximate surface area is 108 Å². The van der Waals surface area contributed by atoms with E-state index in [2.05, 4.69) is 21.2 Å². The average Bonchev–Trinajstić information content (AvgIpc) is 2.66. The summed E-state index contributed by atoms with van der Waals surface area (Å²) < 4.78 is 0. The van der Waals surface area contributed by atoms with Gasteiger partial charge in [-0.15, -0.1) is 23.7 Å². The fourth-order valence-electron chi connectivity index (χ4n) is 1.48. The third-order valence-corrected chi connectivity index (χ3v) is 3.48. The van der Waals surface area contributed by atoms with Crippen molar-refractivity contribution < 1.29 is 4.79 Å². The Kier molecular flexibility index (Phi) is 3.44. The molecule has 2 aromatic rings. The minimum absolute atomic E-state index is 0.219. The monoisotopic (exact) mass is 260 g/mol. The van der Waals surface area contributed by atoms with Crippen LogP contribution in [-0.2, 0) is 0 Å². The molecule has 2 heterocycles. The number of fused-ring (bicyclic) bond motifs is 1. The molecule has 0 aromatic carbocycles. The predicted molar refractivity (Wildman–Crippen MR) is 72.3 cm³/mol. The Morgan fingerprint density at radius 1 is 1.67 bits per heavy atom. The zero-order valence-corrected chi connectivity index (χ0v) is 10.7. The molecule has 6 heteroatoms. The van der Waals surface area contributed by atoms with Crippen LogP contribution in [0, 0.1) is 19.3 Å². The van der Waals surface area contributed by atoms with Gasteiger partial charge < -0.3 is 11.1 Å². The molecule has 0 saturated heterocycles. The van der Waals surface area contributed by atoms with Crippen LogP contribution in [0.15, 0.2) is 6.20 Å². The lowest BCUT2D eigenvalue weighted by atomic mass is 10.3. The van der Waals surface area contributed by atoms with Crippen molar-refractivity contribution in [2.75, 3.05) is 12.3 Å². The van der Waals surface area contributed by atoms with E-state index in [9.17, 15) is 4.79 Å². The topological polar surface area (TPSA) is 80.9 Å². The third-order valence-electron chi connectivity index (χ3n) is 2.37. The number of hydrogen-bond acceptors (Lipinski definition) is 5. The molecule has 92 valence electrons. The van der Waals surface area contributed by atoms with Crippen LogP contribution in [0.4, 0.5) is 5.69 Å². The van der Waals surface area contributed by atoms with Gasteiger partial charge in [0.2, 0.25) is 0 Å². The number of aromatic nitrogens is 2. The third kappa shape index (κ3) is 2.26. The second kappa shape index (κ2) is 5.02. The number of amides is 1. The van der Waals surface area contributed by atoms with Gasteiger partial charge in [-0.05, 0) is 6.92 Å². The van der Waals surface area contributed by atoms with Gasteiger partial charge in [-0.2, -0.15) is 0 Å². The molecule has 0 radical (unpaired) electrons. The van der Waals surface area contributed by atoms with Gasteiger partial charge in [0.05, 0.1) is 11.1 Å². The molecule has 0 unspecified atom stereocenters. The van der Waals surface area contributed by atoms with Gasteiger partial charge in [0, 0.05) is 19.2 Å². The molecule has 3 N–H and O–H groups in total. The molecule has 1 amide bonds. The van der Waals surface area contributed by atoms with Gasteiger partial charge in [-0.25, -0.2) is 9.97 Å². The van der Waals surface area contributed by atoms with Crippen molar-refractivity contribution in [2.45, 2.75) is 13.3 Å². The maximum absolute atomic E-state index is 11.9. The number of nitrogens with one attached hydrogen (secondary N) is 1. The number of hydrogen-bond donors (Lipinski definition) is 2. The smallest absolute Gasteiger partial charge is 0.263 e. The van der Waals surface area contributed by atoms with Crippen LogP contribution >= 0.6 is 11.3 Å². The first-order chi connectivity index (χ1) is 8.63. The van der Waals surface area contributed by atoms with Crippen molar-refractivity contribution in [1.82, 2.24) is 15.3 Å². The summed E-state index contributed by atoms with van der Waals surface area (Å²) >= 11 is 1.26. The molecule has 2 rings (SSSR count). The van der Waals surface area contributed by atoms with E-state index in [0.29, 0.717) is 34.7 Å². The standard InChI is InChI=1S/C12H12N4OS/c1-3-4-5-14-11(17)10-9(13)8-6-15-7(2)16-12(8)18-10/h1,6H,4-5,13H2,2H3,(H,14,17). The van der Waals surface area contributed by atoms with Crippen LogP contribution in [0.25, 0.3) is 10.2 Å². The molecule has 0 aliphatic carbocycles. The molecule has 2 aromatic heterocycles. The lowest BCUT2D eigenvalue weighted by molar-refractivity contribution is 0.0959. The normalized spacial score (nSPS) is 10.2. The van der Waals surface area contributed by atoms with Crippen molar-refractivity contribution in [3.05, 3.63) is 16.9 Å². The number of carbonyl (C=O) groups is 1. The van der Waals surface area contributed by atoms with Gasteiger partial charge in [-0.1, -0.05) is 0 Å². The zero-order chi connectivity index (χ0) is 13.1. The van der Waals surface area contributed by atoms with Crippen LogP contribution in [-0.4, -0.2) is 22.4 Å². The Bertz CT molecular complexity index is 641. The first kappa shape index (κ1) is 12.3. The Morgan fingerprint density at radius 3 is 3.17 bits per heavy atom. The van der Waals surface area contributed by atoms with E-state index in [1.54, 1.807) is 13.1 Å². The van der Waals surface area contributed by atoms with E-state index in [-0.39, 0.29) is 5.91 Å². The summed E-state index contributed by atoms with van der Waals surface area (Å²) in [5.41, 5.74) is 6.35. The number of aryl methyl sites for hydroxylation is 1. The summed E-state index contributed by atoms with van der Waals surface area (Å²) in [6.45, 7) is 2.23. The van der Waals surface area contributed by atoms with Crippen molar-refractivity contribution in [3.63, 3.8) is 0 Å². The molecular weight excluding hydrogens is 248 g/mol. The number of nitrogens with two attached hydrogens (primary N) is 1. The summed E-state index contributed by atoms with van der Waals surface area (Å²) in [6, 6.07) is 0. The SMILES string of the molecule is C#CCCNC(=O)c1sc2nc(C)ncc2c1N. The highest BCUT2D eigenvalue weighted by atomic mass is 32.1. The number of anilines is 1. The van der Waals surface area contributed by atoms with Gasteiger partial charge in [0.25, 0.3) is 5.91 Å². The summed E-state index contributed by atoms with van der Waals surface area (Å²) in [5, 5.41) is 3.43. The highest BCUT2D eigenvalue weighted by Gasteiger charge is 2.16. The molecule has 5 nitrogen and oxygen atoms in total. The molecule has 0 spiro atoms. The summed E-state index contributed by atoms with van der Waals surface area (Å²) in [6.07, 6.45) is 7.26. The average molecular weight is 260 g/mol. The quantitative estimate of drug-likeness (QED) is 0.644. The molecule has 0 fully saturated rings. The van der Waals surface area contributed by atoms with Crippen LogP contribution in [0.1, 0.15) is 21.9 Å². The lowest BCUT2D eigenvalue weighted by Gasteiger charge is -2.00. The van der Waals surface area contributed by atoms with Crippen molar-refractivity contribution in [1.29, 1.82) is 0 Å². The molecule has 0 saturated carbocycles. The van der Waals surface area contributed by atoms with E-state index in [1.165, 1.54) is 11.3 Å². The van der Waals surface area contributed by atoms with Crippen LogP contribution in [0.5, 0.6) is 0 Å². The Hall–Kier alpha value is -2.13. The summed E-state index contributed by atoms with van der Waals surface area (Å²) in [5.74, 6) is 2.89. The lowest BCUT2D eigenvalue weighted by Crippen LogP contribution is -2.23. The minimum Gasteiger partial charge on any atom is -0.397 e. The van der Waals surface area contributed by atoms with E-state index < -0.39 is 0 Å². The Morgan fingerprint density at radius 2 is 2.44 bits per heavy atom. The maximum Gasteiger partial charge on any atom is 0.263 e. The number of rotatable bonds is 3. The van der Waals surface area contributed by atoms with Crippen LogP contribution < -0.4 is 11.1 Å². The van der Waals surface area contributed by atoms with E-state index in [0.717, 1.165) is 4.83 Å². The first-order valence-electron chi connectivity index (χ1n) is 5.36. The van der Waals surface area contributed by atoms with Crippen LogP contribution in [0.2, 0.25) is 0 Å². The molecule has 0 bridgehead atoms. The molecule has 0 aliphatic heterocycles. The second-order valence-electron chi connectivity index (χ2n) is 3.69. The Balaban J connectivity index is 2.31. The maximum atomic E-state index is 11.9. The van der Waals surface area contributed by atoms with E-state index in [4.69, 9.17) is 12.2 Å². The van der Waals surface area contributed by atoms with E-state index in [1.807, 2.05) is 0 Å². The van der Waals surface area contributed by atoms with Gasteiger partial charge in [-0.3, -0.25) is 4.79 Å². The number of nitrogen functional groups attached to an aromatic ring is 1. The van der Waals surface area contributed by atoms with Crippen LogP contribution in [0.3, 0.4) is 0 Å². The fraction of sp³-hybridized carbons (Fsp3) is 0.250.